The van der Waals surface area contributed by atoms with Crippen LogP contribution in [0.1, 0.15) is 5.76 Å². The lowest BCUT2D eigenvalue weighted by molar-refractivity contribution is 0.203. The molecule has 1 N–H and O–H groups in total. The summed E-state index contributed by atoms with van der Waals surface area (Å²) in [7, 11) is 0. The monoisotopic (exact) mass is 285 g/mol. The molecule has 0 saturated carbocycles. The fourth-order valence-corrected chi connectivity index (χ4v) is 2.32. The molecule has 0 spiro atoms. The first-order chi connectivity index (χ1) is 10.3. The summed E-state index contributed by atoms with van der Waals surface area (Å²) < 4.78 is 6.80. The van der Waals surface area contributed by atoms with Crippen LogP contribution in [0.3, 0.4) is 0 Å². The smallest absolute Gasteiger partial charge is 0.261 e. The molecular formula is C15H15N3O3. The molecule has 0 bridgehead atoms. The highest BCUT2D eigenvalue weighted by Crippen LogP contribution is 2.11. The summed E-state index contributed by atoms with van der Waals surface area (Å²) in [5.41, 5.74) is 0.450. The van der Waals surface area contributed by atoms with Crippen molar-refractivity contribution in [2.45, 2.75) is 13.0 Å². The Morgan fingerprint density at radius 3 is 3.05 bits per heavy atom. The van der Waals surface area contributed by atoms with E-state index >= 15 is 0 Å². The molecule has 108 valence electrons. The van der Waals surface area contributed by atoms with E-state index in [0.717, 1.165) is 5.76 Å². The maximum atomic E-state index is 12.4. The minimum absolute atomic E-state index is 0.0263. The molecule has 3 heterocycles. The first-order valence-electron chi connectivity index (χ1n) is 6.70. The molecule has 3 aromatic rings. The van der Waals surface area contributed by atoms with Crippen molar-refractivity contribution in [3.8, 4) is 0 Å². The minimum atomic E-state index is -0.125. The molecule has 0 fully saturated rings. The van der Waals surface area contributed by atoms with Crippen LogP contribution in [-0.4, -0.2) is 26.2 Å². The number of aliphatic hydroxyl groups is 1. The van der Waals surface area contributed by atoms with E-state index in [1.54, 1.807) is 30.8 Å². The highest BCUT2D eigenvalue weighted by atomic mass is 16.3. The fraction of sp³-hybridized carbons (Fsp3) is 0.267. The number of furan rings is 1. The van der Waals surface area contributed by atoms with E-state index in [1.165, 1.54) is 10.9 Å². The first-order valence-corrected chi connectivity index (χ1v) is 6.70. The molecule has 21 heavy (non-hydrogen) atoms. The van der Waals surface area contributed by atoms with Gasteiger partial charge in [-0.15, -0.1) is 0 Å². The summed E-state index contributed by atoms with van der Waals surface area (Å²) in [6, 6.07) is 5.32. The summed E-state index contributed by atoms with van der Waals surface area (Å²) in [6.45, 7) is 0.364. The Balaban J connectivity index is 1.86. The molecule has 6 heteroatoms. The van der Waals surface area contributed by atoms with Gasteiger partial charge in [0.05, 0.1) is 29.7 Å². The second-order valence-corrected chi connectivity index (χ2v) is 4.93. The zero-order valence-electron chi connectivity index (χ0n) is 11.3. The van der Waals surface area contributed by atoms with Gasteiger partial charge in [0.25, 0.3) is 5.56 Å². The average molecular weight is 285 g/mol. The third kappa shape index (κ3) is 2.85. The fourth-order valence-electron chi connectivity index (χ4n) is 2.32. The van der Waals surface area contributed by atoms with Crippen LogP contribution in [0.4, 0.5) is 0 Å². The van der Waals surface area contributed by atoms with E-state index in [9.17, 15) is 9.90 Å². The standard InChI is InChI=1S/C15H15N3O3/c19-9-11(6-12-2-1-5-21-12)8-18-10-17-14-7-16-4-3-13(14)15(18)20/h1-5,7,10-11,19H,6,8-9H2. The predicted octanol–water partition coefficient (Wildman–Crippen LogP) is 1.24. The van der Waals surface area contributed by atoms with Gasteiger partial charge in [0.15, 0.2) is 0 Å². The maximum Gasteiger partial charge on any atom is 0.261 e. The molecule has 0 amide bonds. The first kappa shape index (κ1) is 13.5. The highest BCUT2D eigenvalue weighted by Gasteiger charge is 2.13. The Kier molecular flexibility index (Phi) is 3.79. The maximum absolute atomic E-state index is 12.4. The largest absolute Gasteiger partial charge is 0.469 e. The van der Waals surface area contributed by atoms with Gasteiger partial charge in [-0.3, -0.25) is 14.3 Å². The number of aromatic nitrogens is 3. The number of hydrogen-bond donors (Lipinski definition) is 1. The highest BCUT2D eigenvalue weighted by molar-refractivity contribution is 5.75. The Hall–Kier alpha value is -2.47. The van der Waals surface area contributed by atoms with Crippen molar-refractivity contribution >= 4 is 10.9 Å². The van der Waals surface area contributed by atoms with Crippen LogP contribution in [0.2, 0.25) is 0 Å². The van der Waals surface area contributed by atoms with Gasteiger partial charge >= 0.3 is 0 Å². The van der Waals surface area contributed by atoms with Gasteiger partial charge in [-0.25, -0.2) is 4.98 Å². The molecule has 3 rings (SSSR count). The van der Waals surface area contributed by atoms with Crippen LogP contribution in [0.5, 0.6) is 0 Å². The van der Waals surface area contributed by atoms with E-state index in [-0.39, 0.29) is 18.1 Å². The van der Waals surface area contributed by atoms with Crippen LogP contribution < -0.4 is 5.56 Å². The van der Waals surface area contributed by atoms with Gasteiger partial charge < -0.3 is 9.52 Å². The summed E-state index contributed by atoms with van der Waals surface area (Å²) in [5.74, 6) is 0.690. The molecule has 1 atom stereocenters. The molecule has 3 aromatic heterocycles. The quantitative estimate of drug-likeness (QED) is 0.762. The Bertz CT molecular complexity index is 780. The normalized spacial score (nSPS) is 12.6. The van der Waals surface area contributed by atoms with Gasteiger partial charge in [0.2, 0.25) is 0 Å². The van der Waals surface area contributed by atoms with Crippen molar-refractivity contribution in [2.75, 3.05) is 6.61 Å². The van der Waals surface area contributed by atoms with Crippen LogP contribution in [0.25, 0.3) is 10.9 Å². The van der Waals surface area contributed by atoms with Gasteiger partial charge in [0.1, 0.15) is 5.76 Å². The topological polar surface area (TPSA) is 81.2 Å². The van der Waals surface area contributed by atoms with Gasteiger partial charge in [0, 0.05) is 31.7 Å². The molecule has 0 aliphatic carbocycles. The molecule has 0 aromatic carbocycles. The summed E-state index contributed by atoms with van der Waals surface area (Å²) in [4.78, 5) is 20.5. The van der Waals surface area contributed by atoms with E-state index < -0.39 is 0 Å². The second kappa shape index (κ2) is 5.88. The van der Waals surface area contributed by atoms with E-state index in [2.05, 4.69) is 9.97 Å². The Labute approximate surface area is 120 Å². The molecule has 0 saturated heterocycles. The van der Waals surface area contributed by atoms with Crippen LogP contribution >= 0.6 is 0 Å². The Morgan fingerprint density at radius 1 is 1.38 bits per heavy atom. The van der Waals surface area contributed by atoms with Crippen molar-refractivity contribution in [3.63, 3.8) is 0 Å². The lowest BCUT2D eigenvalue weighted by Crippen LogP contribution is -2.27. The van der Waals surface area contributed by atoms with E-state index in [0.29, 0.717) is 23.9 Å². The van der Waals surface area contributed by atoms with Crippen molar-refractivity contribution in [3.05, 3.63) is 59.3 Å². The summed E-state index contributed by atoms with van der Waals surface area (Å²) >= 11 is 0. The third-order valence-corrected chi connectivity index (χ3v) is 3.41. The van der Waals surface area contributed by atoms with Crippen molar-refractivity contribution in [2.24, 2.45) is 5.92 Å². The van der Waals surface area contributed by atoms with Gasteiger partial charge in [-0.1, -0.05) is 0 Å². The van der Waals surface area contributed by atoms with E-state index in [1.807, 2.05) is 6.07 Å². The lowest BCUT2D eigenvalue weighted by Gasteiger charge is -2.14. The average Bonchev–Trinajstić information content (AvgIpc) is 3.02. The molecule has 0 radical (unpaired) electrons. The summed E-state index contributed by atoms with van der Waals surface area (Å²) in [6.07, 6.45) is 6.80. The van der Waals surface area contributed by atoms with Gasteiger partial charge in [-0.2, -0.15) is 0 Å². The van der Waals surface area contributed by atoms with Crippen molar-refractivity contribution in [1.82, 2.24) is 14.5 Å². The van der Waals surface area contributed by atoms with Crippen LogP contribution in [0.15, 0.2) is 52.4 Å². The zero-order valence-corrected chi connectivity index (χ0v) is 11.3. The summed E-state index contributed by atoms with van der Waals surface area (Å²) in [5, 5.41) is 10.0. The van der Waals surface area contributed by atoms with E-state index in [4.69, 9.17) is 4.42 Å². The molecular weight excluding hydrogens is 270 g/mol. The molecule has 1 unspecified atom stereocenters. The number of aliphatic hydroxyl groups excluding tert-OH is 1. The van der Waals surface area contributed by atoms with Crippen molar-refractivity contribution in [1.29, 1.82) is 0 Å². The SMILES string of the molecule is O=c1c2ccncc2ncn1CC(CO)Cc1ccco1. The number of nitrogens with zero attached hydrogens (tertiary/aromatic N) is 3. The number of fused-ring (bicyclic) bond motifs is 1. The molecule has 0 aliphatic rings. The number of rotatable bonds is 5. The second-order valence-electron chi connectivity index (χ2n) is 4.93. The zero-order chi connectivity index (χ0) is 14.7. The minimum Gasteiger partial charge on any atom is -0.469 e. The van der Waals surface area contributed by atoms with Crippen LogP contribution in [0, 0.1) is 5.92 Å². The van der Waals surface area contributed by atoms with Gasteiger partial charge in [-0.05, 0) is 18.2 Å². The Morgan fingerprint density at radius 2 is 2.29 bits per heavy atom. The number of pyridine rings is 1. The molecule has 6 nitrogen and oxygen atoms in total. The third-order valence-electron chi connectivity index (χ3n) is 3.41. The lowest BCUT2D eigenvalue weighted by atomic mass is 10.1. The number of hydrogen-bond acceptors (Lipinski definition) is 5. The van der Waals surface area contributed by atoms with Crippen LogP contribution in [-0.2, 0) is 13.0 Å². The molecule has 0 aliphatic heterocycles. The van der Waals surface area contributed by atoms with Crippen molar-refractivity contribution < 1.29 is 9.52 Å². The predicted molar refractivity (Wildman–Crippen MR) is 76.8 cm³/mol.